The monoisotopic (exact) mass is 387 g/mol. The summed E-state index contributed by atoms with van der Waals surface area (Å²) in [5.41, 5.74) is 6.86. The molecule has 0 unspecified atom stereocenters. The highest BCUT2D eigenvalue weighted by molar-refractivity contribution is 5.94. The van der Waals surface area contributed by atoms with Gasteiger partial charge in [0, 0.05) is 57.7 Å². The first-order chi connectivity index (χ1) is 13.7. The Morgan fingerprint density at radius 3 is 2.71 bits per heavy atom. The molecule has 2 saturated heterocycles. The van der Waals surface area contributed by atoms with Gasteiger partial charge in [-0.25, -0.2) is 9.97 Å². The zero-order valence-electron chi connectivity index (χ0n) is 16.5. The second-order valence-corrected chi connectivity index (χ2v) is 7.50. The molecule has 0 radical (unpaired) electrons. The van der Waals surface area contributed by atoms with Crippen LogP contribution in [0.1, 0.15) is 12.8 Å². The number of hydrogen-bond donors (Lipinski definition) is 1. The number of piperazine rings is 1. The zero-order valence-corrected chi connectivity index (χ0v) is 16.5. The van der Waals surface area contributed by atoms with Crippen LogP contribution in [0.15, 0.2) is 18.5 Å². The number of fused-ring (bicyclic) bond motifs is 1. The van der Waals surface area contributed by atoms with E-state index in [9.17, 15) is 0 Å². The summed E-state index contributed by atoms with van der Waals surface area (Å²) in [5.74, 6) is 1.87. The minimum atomic E-state index is 0.108. The Hall–Kier alpha value is -2.16. The lowest BCUT2D eigenvalue weighted by atomic mass is 10.1. The SMILES string of the molecule is CN1CCN(CCOc2cc(OC3CCOCC3)c3c(N)ncnc3c2)CC1. The van der Waals surface area contributed by atoms with Gasteiger partial charge < -0.3 is 24.8 Å². The van der Waals surface area contributed by atoms with Crippen LogP contribution in [0.3, 0.4) is 0 Å². The number of rotatable bonds is 6. The third-order valence-electron chi connectivity index (χ3n) is 5.44. The molecule has 0 atom stereocenters. The van der Waals surface area contributed by atoms with Crippen LogP contribution in [-0.4, -0.2) is 85.5 Å². The molecule has 28 heavy (non-hydrogen) atoms. The second-order valence-electron chi connectivity index (χ2n) is 7.50. The van der Waals surface area contributed by atoms with E-state index in [0.29, 0.717) is 18.2 Å². The molecule has 152 valence electrons. The number of benzene rings is 1. The van der Waals surface area contributed by atoms with Gasteiger partial charge in [-0.3, -0.25) is 4.90 Å². The molecule has 3 heterocycles. The molecule has 2 aromatic rings. The van der Waals surface area contributed by atoms with Gasteiger partial charge in [-0.05, 0) is 7.05 Å². The van der Waals surface area contributed by atoms with Crippen molar-refractivity contribution in [3.63, 3.8) is 0 Å². The van der Waals surface area contributed by atoms with E-state index in [1.807, 2.05) is 12.1 Å². The number of hydrogen-bond acceptors (Lipinski definition) is 8. The van der Waals surface area contributed by atoms with Crippen molar-refractivity contribution in [1.29, 1.82) is 0 Å². The van der Waals surface area contributed by atoms with E-state index in [1.54, 1.807) is 0 Å². The van der Waals surface area contributed by atoms with Gasteiger partial charge in [-0.15, -0.1) is 0 Å². The highest BCUT2D eigenvalue weighted by Crippen LogP contribution is 2.34. The van der Waals surface area contributed by atoms with E-state index in [-0.39, 0.29) is 6.10 Å². The molecule has 8 nitrogen and oxygen atoms in total. The molecule has 2 fully saturated rings. The maximum atomic E-state index is 6.26. The zero-order chi connectivity index (χ0) is 19.3. The summed E-state index contributed by atoms with van der Waals surface area (Å²) in [6, 6.07) is 3.83. The number of likely N-dealkylation sites (N-methyl/N-ethyl adjacent to an activating group) is 1. The summed E-state index contributed by atoms with van der Waals surface area (Å²) in [4.78, 5) is 13.3. The van der Waals surface area contributed by atoms with E-state index >= 15 is 0 Å². The van der Waals surface area contributed by atoms with Crippen molar-refractivity contribution in [3.8, 4) is 11.5 Å². The van der Waals surface area contributed by atoms with Crippen LogP contribution in [0.25, 0.3) is 10.9 Å². The normalized spacial score (nSPS) is 19.8. The fourth-order valence-electron chi connectivity index (χ4n) is 3.67. The maximum Gasteiger partial charge on any atom is 0.138 e. The molecule has 2 aliphatic rings. The van der Waals surface area contributed by atoms with Crippen LogP contribution in [0.4, 0.5) is 5.82 Å². The Morgan fingerprint density at radius 1 is 1.14 bits per heavy atom. The molecule has 1 aromatic carbocycles. The average molecular weight is 387 g/mol. The number of nitrogens with two attached hydrogens (primary N) is 1. The molecule has 0 bridgehead atoms. The van der Waals surface area contributed by atoms with Crippen LogP contribution in [0, 0.1) is 0 Å². The van der Waals surface area contributed by atoms with E-state index < -0.39 is 0 Å². The third kappa shape index (κ3) is 4.63. The van der Waals surface area contributed by atoms with Crippen LogP contribution >= 0.6 is 0 Å². The number of ether oxygens (including phenoxy) is 3. The lowest BCUT2D eigenvalue weighted by Crippen LogP contribution is -2.45. The first kappa shape index (κ1) is 19.2. The van der Waals surface area contributed by atoms with Crippen LogP contribution in [0.2, 0.25) is 0 Å². The first-order valence-corrected chi connectivity index (χ1v) is 10.0. The smallest absolute Gasteiger partial charge is 0.138 e. The molecule has 0 aliphatic carbocycles. The molecule has 8 heteroatoms. The molecular formula is C20H29N5O3. The van der Waals surface area contributed by atoms with Crippen molar-refractivity contribution in [3.05, 3.63) is 18.5 Å². The van der Waals surface area contributed by atoms with E-state index in [2.05, 4.69) is 26.8 Å². The van der Waals surface area contributed by atoms with Gasteiger partial charge >= 0.3 is 0 Å². The van der Waals surface area contributed by atoms with Crippen molar-refractivity contribution in [2.45, 2.75) is 18.9 Å². The second kappa shape index (κ2) is 8.89. The summed E-state index contributed by atoms with van der Waals surface area (Å²) in [6.45, 7) is 7.36. The van der Waals surface area contributed by atoms with E-state index in [4.69, 9.17) is 19.9 Å². The molecule has 1 aromatic heterocycles. The summed E-state index contributed by atoms with van der Waals surface area (Å²) in [5, 5.41) is 0.750. The summed E-state index contributed by atoms with van der Waals surface area (Å²) >= 11 is 0. The minimum absolute atomic E-state index is 0.108. The summed E-state index contributed by atoms with van der Waals surface area (Å²) in [7, 11) is 2.16. The highest BCUT2D eigenvalue weighted by atomic mass is 16.5. The topological polar surface area (TPSA) is 86.0 Å². The lowest BCUT2D eigenvalue weighted by Gasteiger charge is -2.32. The van der Waals surface area contributed by atoms with Crippen molar-refractivity contribution in [1.82, 2.24) is 19.8 Å². The van der Waals surface area contributed by atoms with Crippen molar-refractivity contribution < 1.29 is 14.2 Å². The Labute approximate surface area is 165 Å². The molecule has 0 spiro atoms. The molecule has 2 aliphatic heterocycles. The van der Waals surface area contributed by atoms with Gasteiger partial charge in [0.05, 0.1) is 24.1 Å². The number of nitrogen functional groups attached to an aromatic ring is 1. The van der Waals surface area contributed by atoms with Gasteiger partial charge in [0.2, 0.25) is 0 Å². The predicted molar refractivity (Wildman–Crippen MR) is 108 cm³/mol. The van der Waals surface area contributed by atoms with Gasteiger partial charge in [0.15, 0.2) is 0 Å². The molecular weight excluding hydrogens is 358 g/mol. The van der Waals surface area contributed by atoms with Crippen molar-refractivity contribution in [2.24, 2.45) is 0 Å². The Morgan fingerprint density at radius 2 is 1.93 bits per heavy atom. The van der Waals surface area contributed by atoms with Gasteiger partial charge in [-0.2, -0.15) is 0 Å². The largest absolute Gasteiger partial charge is 0.492 e. The average Bonchev–Trinajstić information content (AvgIpc) is 2.70. The van der Waals surface area contributed by atoms with Crippen LogP contribution in [-0.2, 0) is 4.74 Å². The maximum absolute atomic E-state index is 6.26. The fraction of sp³-hybridized carbons (Fsp3) is 0.600. The number of nitrogens with zero attached hydrogens (tertiary/aromatic N) is 4. The quantitative estimate of drug-likeness (QED) is 0.796. The van der Waals surface area contributed by atoms with Crippen molar-refractivity contribution in [2.75, 3.05) is 65.3 Å². The number of aromatic nitrogens is 2. The Balaban J connectivity index is 1.47. The van der Waals surface area contributed by atoms with Gasteiger partial charge in [0.25, 0.3) is 0 Å². The predicted octanol–water partition coefficient (Wildman–Crippen LogP) is 1.40. The Bertz CT molecular complexity index is 789. The first-order valence-electron chi connectivity index (χ1n) is 10.0. The van der Waals surface area contributed by atoms with Crippen LogP contribution < -0.4 is 15.2 Å². The standard InChI is InChI=1S/C20H29N5O3/c1-24-4-6-25(7-5-24)8-11-27-16-12-17-19(20(21)23-14-22-17)18(13-16)28-15-2-9-26-10-3-15/h12-15H,2-11H2,1H3,(H2,21,22,23). The van der Waals surface area contributed by atoms with E-state index in [1.165, 1.54) is 6.33 Å². The van der Waals surface area contributed by atoms with Crippen molar-refractivity contribution >= 4 is 16.7 Å². The third-order valence-corrected chi connectivity index (χ3v) is 5.44. The molecule has 0 saturated carbocycles. The molecule has 0 amide bonds. The Kier molecular flexibility index (Phi) is 6.09. The highest BCUT2D eigenvalue weighted by Gasteiger charge is 2.19. The molecule has 2 N–H and O–H groups in total. The van der Waals surface area contributed by atoms with E-state index in [0.717, 1.165) is 75.4 Å². The number of anilines is 1. The summed E-state index contributed by atoms with van der Waals surface area (Å²) < 4.78 is 17.7. The fourth-order valence-corrected chi connectivity index (χ4v) is 3.67. The van der Waals surface area contributed by atoms with Crippen LogP contribution in [0.5, 0.6) is 11.5 Å². The lowest BCUT2D eigenvalue weighted by molar-refractivity contribution is 0.0261. The van der Waals surface area contributed by atoms with Gasteiger partial charge in [0.1, 0.15) is 36.4 Å². The minimum Gasteiger partial charge on any atom is -0.492 e. The van der Waals surface area contributed by atoms with Gasteiger partial charge in [-0.1, -0.05) is 0 Å². The molecule has 4 rings (SSSR count). The summed E-state index contributed by atoms with van der Waals surface area (Å²) in [6.07, 6.45) is 3.31.